The number of hydrogen-bond donors (Lipinski definition) is 2. The highest BCUT2D eigenvalue weighted by atomic mass is 32.2. The van der Waals surface area contributed by atoms with Gasteiger partial charge >= 0.3 is 12.0 Å². The quantitative estimate of drug-likeness (QED) is 0.824. The molecular weight excluding hydrogens is 264 g/mol. The SMILES string of the molecule is CSC1CCCC1NC(=O)N1CC(C(C)C(=O)O)C1. The van der Waals surface area contributed by atoms with Crippen molar-refractivity contribution in [3.05, 3.63) is 0 Å². The first kappa shape index (κ1) is 14.5. The molecule has 1 saturated heterocycles. The van der Waals surface area contributed by atoms with Gasteiger partial charge < -0.3 is 15.3 Å². The summed E-state index contributed by atoms with van der Waals surface area (Å²) >= 11 is 1.82. The maximum Gasteiger partial charge on any atom is 0.317 e. The normalized spacial score (nSPS) is 28.8. The van der Waals surface area contributed by atoms with Crippen molar-refractivity contribution in [1.82, 2.24) is 10.2 Å². The van der Waals surface area contributed by atoms with Crippen molar-refractivity contribution in [2.75, 3.05) is 19.3 Å². The molecule has 2 aliphatic rings. The van der Waals surface area contributed by atoms with Crippen LogP contribution in [-0.4, -0.2) is 52.6 Å². The summed E-state index contributed by atoms with van der Waals surface area (Å²) in [5.74, 6) is -1.04. The van der Waals surface area contributed by atoms with E-state index >= 15 is 0 Å². The zero-order valence-corrected chi connectivity index (χ0v) is 12.3. The third kappa shape index (κ3) is 3.16. The number of carboxylic acid groups (broad SMARTS) is 1. The summed E-state index contributed by atoms with van der Waals surface area (Å²) in [6.07, 6.45) is 5.49. The van der Waals surface area contributed by atoms with Gasteiger partial charge in [-0.3, -0.25) is 4.79 Å². The molecule has 1 heterocycles. The largest absolute Gasteiger partial charge is 0.481 e. The predicted octanol–water partition coefficient (Wildman–Crippen LogP) is 1.63. The van der Waals surface area contributed by atoms with E-state index in [0.29, 0.717) is 18.3 Å². The Morgan fingerprint density at radius 2 is 2.05 bits per heavy atom. The molecule has 2 amide bonds. The smallest absolute Gasteiger partial charge is 0.317 e. The number of amides is 2. The van der Waals surface area contributed by atoms with Crippen LogP contribution >= 0.6 is 11.8 Å². The average molecular weight is 286 g/mol. The first-order valence-electron chi connectivity index (χ1n) is 6.84. The number of nitrogens with one attached hydrogen (secondary N) is 1. The van der Waals surface area contributed by atoms with Gasteiger partial charge in [0.15, 0.2) is 0 Å². The molecule has 0 spiro atoms. The molecule has 1 aliphatic carbocycles. The second-order valence-electron chi connectivity index (χ2n) is 5.55. The van der Waals surface area contributed by atoms with E-state index in [1.807, 2.05) is 11.8 Å². The van der Waals surface area contributed by atoms with Crippen LogP contribution in [0.4, 0.5) is 4.79 Å². The predicted molar refractivity (Wildman–Crippen MR) is 75.3 cm³/mol. The molecule has 108 valence electrons. The Balaban J connectivity index is 1.76. The van der Waals surface area contributed by atoms with Crippen molar-refractivity contribution < 1.29 is 14.7 Å². The molecule has 0 aromatic rings. The highest BCUT2D eigenvalue weighted by Crippen LogP contribution is 2.29. The lowest BCUT2D eigenvalue weighted by atomic mass is 9.87. The molecule has 19 heavy (non-hydrogen) atoms. The lowest BCUT2D eigenvalue weighted by molar-refractivity contribution is -0.144. The van der Waals surface area contributed by atoms with Crippen LogP contribution in [0.25, 0.3) is 0 Å². The van der Waals surface area contributed by atoms with Gasteiger partial charge in [0.1, 0.15) is 0 Å². The number of carbonyl (C=O) groups is 2. The zero-order valence-electron chi connectivity index (χ0n) is 11.5. The van der Waals surface area contributed by atoms with Crippen LogP contribution in [0, 0.1) is 11.8 Å². The van der Waals surface area contributed by atoms with E-state index in [1.165, 1.54) is 12.8 Å². The number of hydrogen-bond acceptors (Lipinski definition) is 3. The summed E-state index contributed by atoms with van der Waals surface area (Å²) in [5.41, 5.74) is 0. The molecule has 2 fully saturated rings. The van der Waals surface area contributed by atoms with Gasteiger partial charge in [0.05, 0.1) is 5.92 Å². The molecule has 2 rings (SSSR count). The molecular formula is C13H22N2O3S. The minimum Gasteiger partial charge on any atom is -0.481 e. The summed E-state index contributed by atoms with van der Waals surface area (Å²) in [6.45, 7) is 2.84. The van der Waals surface area contributed by atoms with Crippen molar-refractivity contribution in [3.63, 3.8) is 0 Å². The van der Waals surface area contributed by atoms with Crippen molar-refractivity contribution in [1.29, 1.82) is 0 Å². The lowest BCUT2D eigenvalue weighted by Gasteiger charge is -2.41. The minimum atomic E-state index is -0.775. The van der Waals surface area contributed by atoms with Crippen molar-refractivity contribution in [3.8, 4) is 0 Å². The minimum absolute atomic E-state index is 0.0280. The first-order chi connectivity index (χ1) is 9.02. The summed E-state index contributed by atoms with van der Waals surface area (Å²) in [6, 6.07) is 0.248. The maximum atomic E-state index is 12.0. The molecule has 6 heteroatoms. The molecule has 0 aromatic carbocycles. The van der Waals surface area contributed by atoms with Crippen LogP contribution < -0.4 is 5.32 Å². The molecule has 0 aromatic heterocycles. The second-order valence-corrected chi connectivity index (χ2v) is 6.63. The summed E-state index contributed by atoms with van der Waals surface area (Å²) in [7, 11) is 0. The first-order valence-corrected chi connectivity index (χ1v) is 8.12. The maximum absolute atomic E-state index is 12.0. The van der Waals surface area contributed by atoms with Gasteiger partial charge in [-0.15, -0.1) is 0 Å². The fraction of sp³-hybridized carbons (Fsp3) is 0.846. The number of urea groups is 1. The van der Waals surface area contributed by atoms with Crippen LogP contribution in [-0.2, 0) is 4.79 Å². The third-order valence-corrected chi connectivity index (χ3v) is 5.53. The molecule has 3 atom stereocenters. The van der Waals surface area contributed by atoms with Crippen LogP contribution in [0.15, 0.2) is 0 Å². The zero-order chi connectivity index (χ0) is 14.0. The van der Waals surface area contributed by atoms with E-state index in [4.69, 9.17) is 5.11 Å². The van der Waals surface area contributed by atoms with E-state index < -0.39 is 5.97 Å². The fourth-order valence-corrected chi connectivity index (χ4v) is 3.75. The molecule has 2 N–H and O–H groups in total. The second kappa shape index (κ2) is 6.03. The lowest BCUT2D eigenvalue weighted by Crippen LogP contribution is -2.58. The van der Waals surface area contributed by atoms with Gasteiger partial charge in [0, 0.05) is 30.3 Å². The van der Waals surface area contributed by atoms with Gasteiger partial charge in [0.2, 0.25) is 0 Å². The summed E-state index contributed by atoms with van der Waals surface area (Å²) in [5, 5.41) is 12.5. The van der Waals surface area contributed by atoms with Gasteiger partial charge in [-0.25, -0.2) is 4.79 Å². The Kier molecular flexibility index (Phi) is 4.60. The number of likely N-dealkylation sites (tertiary alicyclic amines) is 1. The number of carboxylic acids is 1. The molecule has 5 nitrogen and oxygen atoms in total. The van der Waals surface area contributed by atoms with Gasteiger partial charge in [-0.1, -0.05) is 13.3 Å². The highest BCUT2D eigenvalue weighted by molar-refractivity contribution is 7.99. The van der Waals surface area contributed by atoms with Gasteiger partial charge in [-0.05, 0) is 19.1 Å². The van der Waals surface area contributed by atoms with Crippen molar-refractivity contribution >= 4 is 23.8 Å². The number of aliphatic carboxylic acids is 1. The molecule has 3 unspecified atom stereocenters. The van der Waals surface area contributed by atoms with Crippen molar-refractivity contribution in [2.45, 2.75) is 37.5 Å². The van der Waals surface area contributed by atoms with Gasteiger partial charge in [0.25, 0.3) is 0 Å². The van der Waals surface area contributed by atoms with E-state index in [0.717, 1.165) is 6.42 Å². The van der Waals surface area contributed by atoms with Crippen LogP contribution in [0.3, 0.4) is 0 Å². The summed E-state index contributed by atoms with van der Waals surface area (Å²) in [4.78, 5) is 24.6. The monoisotopic (exact) mass is 286 g/mol. The Morgan fingerprint density at radius 1 is 1.37 bits per heavy atom. The number of nitrogens with zero attached hydrogens (tertiary/aromatic N) is 1. The molecule has 1 saturated carbocycles. The van der Waals surface area contributed by atoms with E-state index in [2.05, 4.69) is 11.6 Å². The van der Waals surface area contributed by atoms with Crippen LogP contribution in [0.5, 0.6) is 0 Å². The number of rotatable bonds is 4. The molecule has 0 bridgehead atoms. The topological polar surface area (TPSA) is 69.6 Å². The number of thioether (sulfide) groups is 1. The molecule has 0 radical (unpaired) electrons. The molecule has 1 aliphatic heterocycles. The Morgan fingerprint density at radius 3 is 2.63 bits per heavy atom. The van der Waals surface area contributed by atoms with E-state index in [9.17, 15) is 9.59 Å². The standard InChI is InChI=1S/C13H22N2O3S/c1-8(12(16)17)9-6-15(7-9)13(18)14-10-4-3-5-11(10)19-2/h8-11H,3-7H2,1-2H3,(H,14,18)(H,16,17). The summed E-state index contributed by atoms with van der Waals surface area (Å²) < 4.78 is 0. The van der Waals surface area contributed by atoms with E-state index in [1.54, 1.807) is 11.8 Å². The van der Waals surface area contributed by atoms with E-state index in [-0.39, 0.29) is 23.9 Å². The van der Waals surface area contributed by atoms with Crippen LogP contribution in [0.1, 0.15) is 26.2 Å². The highest BCUT2D eigenvalue weighted by Gasteiger charge is 2.38. The number of carbonyl (C=O) groups excluding carboxylic acids is 1. The van der Waals surface area contributed by atoms with Crippen molar-refractivity contribution in [2.24, 2.45) is 11.8 Å². The van der Waals surface area contributed by atoms with Crippen LogP contribution in [0.2, 0.25) is 0 Å². The van der Waals surface area contributed by atoms with Gasteiger partial charge in [-0.2, -0.15) is 11.8 Å². The third-order valence-electron chi connectivity index (χ3n) is 4.36. The Hall–Kier alpha value is -0.910. The Labute approximate surface area is 118 Å². The Bertz CT molecular complexity index is 358. The fourth-order valence-electron chi connectivity index (χ4n) is 2.82. The average Bonchev–Trinajstić information content (AvgIpc) is 2.73.